The van der Waals surface area contributed by atoms with Gasteiger partial charge in [-0.2, -0.15) is 0 Å². The lowest BCUT2D eigenvalue weighted by Crippen LogP contribution is -2.53. The van der Waals surface area contributed by atoms with Crippen LogP contribution in [0.1, 0.15) is 54.0 Å². The molecule has 1 rings (SSSR count). The molecule has 0 aliphatic heterocycles. The molecule has 146 valence electrons. The van der Waals surface area contributed by atoms with Gasteiger partial charge in [-0.3, -0.25) is 0 Å². The molecule has 1 aromatic carbocycles. The standard InChI is InChI=1S/C19H32BNO5/c1-17(2,3)25-16(22)21-13-12-14-8-10-15(11-9-14)20(24)26-19(6,7)18(4,5)23/h8-11,23-24H,12-13H2,1-7H3,(H,21,22). The van der Waals surface area contributed by atoms with E-state index >= 15 is 0 Å². The summed E-state index contributed by atoms with van der Waals surface area (Å²) in [5.41, 5.74) is -0.910. The SMILES string of the molecule is CC(C)(C)OC(=O)NCCc1ccc(B(O)OC(C)(C)C(C)(C)O)cc1. The number of benzene rings is 1. The van der Waals surface area contributed by atoms with Crippen molar-refractivity contribution in [3.8, 4) is 0 Å². The molecule has 0 aromatic heterocycles. The summed E-state index contributed by atoms with van der Waals surface area (Å²) >= 11 is 0. The average Bonchev–Trinajstić information content (AvgIpc) is 2.44. The van der Waals surface area contributed by atoms with Crippen LogP contribution in [0.25, 0.3) is 0 Å². The Bertz CT molecular complexity index is 587. The molecule has 0 atom stereocenters. The number of amides is 1. The van der Waals surface area contributed by atoms with Crippen LogP contribution in [0.15, 0.2) is 24.3 Å². The summed E-state index contributed by atoms with van der Waals surface area (Å²) in [6.45, 7) is 12.6. The minimum atomic E-state index is -1.13. The minimum absolute atomic E-state index is 0.438. The maximum Gasteiger partial charge on any atom is 0.491 e. The van der Waals surface area contributed by atoms with Gasteiger partial charge in [0.05, 0.1) is 11.2 Å². The minimum Gasteiger partial charge on any atom is -0.444 e. The summed E-state index contributed by atoms with van der Waals surface area (Å²) in [5, 5.41) is 23.1. The highest BCUT2D eigenvalue weighted by Gasteiger charge is 2.39. The summed E-state index contributed by atoms with van der Waals surface area (Å²) in [7, 11) is -1.13. The van der Waals surface area contributed by atoms with Gasteiger partial charge in [0.25, 0.3) is 0 Å². The van der Waals surface area contributed by atoms with Crippen molar-refractivity contribution in [3.63, 3.8) is 0 Å². The van der Waals surface area contributed by atoms with Crippen LogP contribution in [0, 0.1) is 0 Å². The third kappa shape index (κ3) is 7.36. The van der Waals surface area contributed by atoms with Crippen molar-refractivity contribution in [1.29, 1.82) is 0 Å². The van der Waals surface area contributed by atoms with E-state index in [1.165, 1.54) is 0 Å². The highest BCUT2D eigenvalue weighted by molar-refractivity contribution is 6.60. The van der Waals surface area contributed by atoms with Gasteiger partial charge in [0, 0.05) is 6.54 Å². The Labute approximate surface area is 157 Å². The summed E-state index contributed by atoms with van der Waals surface area (Å²) in [6, 6.07) is 7.29. The number of hydrogen-bond acceptors (Lipinski definition) is 5. The largest absolute Gasteiger partial charge is 0.491 e. The van der Waals surface area contributed by atoms with Gasteiger partial charge in [-0.25, -0.2) is 4.79 Å². The average molecular weight is 365 g/mol. The first-order chi connectivity index (χ1) is 11.7. The van der Waals surface area contributed by atoms with E-state index in [9.17, 15) is 14.9 Å². The number of carbonyl (C=O) groups excluding carboxylic acids is 1. The predicted octanol–water partition coefficient (Wildman–Crippen LogP) is 2.01. The zero-order chi connectivity index (χ0) is 20.2. The molecule has 26 heavy (non-hydrogen) atoms. The van der Waals surface area contributed by atoms with E-state index in [0.29, 0.717) is 18.4 Å². The van der Waals surface area contributed by atoms with Crippen LogP contribution in [0.3, 0.4) is 0 Å². The molecule has 1 amide bonds. The van der Waals surface area contributed by atoms with Gasteiger partial charge in [0.2, 0.25) is 0 Å². The van der Waals surface area contributed by atoms with Gasteiger partial charge in [0.15, 0.2) is 0 Å². The van der Waals surface area contributed by atoms with Crippen LogP contribution in [0.2, 0.25) is 0 Å². The van der Waals surface area contributed by atoms with Gasteiger partial charge in [0.1, 0.15) is 5.60 Å². The van der Waals surface area contributed by atoms with E-state index in [0.717, 1.165) is 5.56 Å². The summed E-state index contributed by atoms with van der Waals surface area (Å²) in [4.78, 5) is 11.6. The molecule has 1 aromatic rings. The first-order valence-electron chi connectivity index (χ1n) is 8.85. The summed E-state index contributed by atoms with van der Waals surface area (Å²) in [5.74, 6) is 0. The summed E-state index contributed by atoms with van der Waals surface area (Å²) < 4.78 is 10.8. The normalized spacial score (nSPS) is 12.7. The van der Waals surface area contributed by atoms with Crippen molar-refractivity contribution in [2.45, 2.75) is 71.7 Å². The number of hydrogen-bond donors (Lipinski definition) is 3. The van der Waals surface area contributed by atoms with E-state index < -0.39 is 30.0 Å². The molecule has 0 spiro atoms. The molecular formula is C19H32BNO5. The lowest BCUT2D eigenvalue weighted by atomic mass is 9.76. The van der Waals surface area contributed by atoms with Crippen molar-refractivity contribution in [2.24, 2.45) is 0 Å². The molecule has 0 unspecified atom stereocenters. The second-order valence-corrected chi connectivity index (χ2v) is 8.46. The Morgan fingerprint density at radius 1 is 1.08 bits per heavy atom. The number of aliphatic hydroxyl groups is 1. The molecule has 0 aliphatic rings. The molecule has 7 heteroatoms. The molecular weight excluding hydrogens is 333 g/mol. The van der Waals surface area contributed by atoms with Crippen molar-refractivity contribution < 1.29 is 24.3 Å². The van der Waals surface area contributed by atoms with Gasteiger partial charge in [-0.15, -0.1) is 0 Å². The predicted molar refractivity (Wildman–Crippen MR) is 103 cm³/mol. The van der Waals surface area contributed by atoms with E-state index in [-0.39, 0.29) is 0 Å². The molecule has 6 nitrogen and oxygen atoms in total. The summed E-state index contributed by atoms with van der Waals surface area (Å²) in [6.07, 6.45) is 0.206. The Balaban J connectivity index is 2.54. The monoisotopic (exact) mass is 365 g/mol. The van der Waals surface area contributed by atoms with Gasteiger partial charge in [-0.1, -0.05) is 24.3 Å². The third-order valence-corrected chi connectivity index (χ3v) is 4.23. The number of ether oxygens (including phenoxy) is 1. The Morgan fingerprint density at radius 2 is 1.62 bits per heavy atom. The first-order valence-corrected chi connectivity index (χ1v) is 8.85. The third-order valence-electron chi connectivity index (χ3n) is 4.23. The maximum absolute atomic E-state index is 11.6. The van der Waals surface area contributed by atoms with E-state index in [1.807, 2.05) is 32.9 Å². The number of rotatable bonds is 7. The van der Waals surface area contributed by atoms with Gasteiger partial charge in [-0.05, 0) is 65.9 Å². The number of alkyl carbamates (subject to hydrolysis) is 1. The van der Waals surface area contributed by atoms with Crippen LogP contribution >= 0.6 is 0 Å². The molecule has 0 saturated heterocycles. The fourth-order valence-electron chi connectivity index (χ4n) is 1.96. The zero-order valence-electron chi connectivity index (χ0n) is 16.9. The number of nitrogens with one attached hydrogen (secondary N) is 1. The molecule has 0 heterocycles. The van der Waals surface area contributed by atoms with E-state index in [2.05, 4.69) is 5.32 Å². The first kappa shape index (κ1) is 22.5. The van der Waals surface area contributed by atoms with Gasteiger partial charge < -0.3 is 24.8 Å². The quantitative estimate of drug-likeness (QED) is 0.644. The molecule has 0 radical (unpaired) electrons. The maximum atomic E-state index is 11.6. The van der Waals surface area contributed by atoms with Crippen molar-refractivity contribution in [3.05, 3.63) is 29.8 Å². The van der Waals surface area contributed by atoms with Gasteiger partial charge >= 0.3 is 13.2 Å². The van der Waals surface area contributed by atoms with Crippen LogP contribution < -0.4 is 10.8 Å². The molecule has 3 N–H and O–H groups in total. The fourth-order valence-corrected chi connectivity index (χ4v) is 1.96. The lowest BCUT2D eigenvalue weighted by Gasteiger charge is -2.38. The second-order valence-electron chi connectivity index (χ2n) is 8.46. The van der Waals surface area contributed by atoms with E-state index in [1.54, 1.807) is 39.8 Å². The van der Waals surface area contributed by atoms with Crippen molar-refractivity contribution in [2.75, 3.05) is 6.54 Å². The highest BCUT2D eigenvalue weighted by atomic mass is 16.6. The van der Waals surface area contributed by atoms with Crippen LogP contribution in [-0.2, 0) is 15.8 Å². The molecule has 0 saturated carbocycles. The Morgan fingerprint density at radius 3 is 2.08 bits per heavy atom. The van der Waals surface area contributed by atoms with Crippen LogP contribution in [-0.4, -0.2) is 46.7 Å². The zero-order valence-corrected chi connectivity index (χ0v) is 16.9. The van der Waals surface area contributed by atoms with E-state index in [4.69, 9.17) is 9.39 Å². The molecule has 0 fully saturated rings. The van der Waals surface area contributed by atoms with Crippen molar-refractivity contribution >= 4 is 18.7 Å². The van der Waals surface area contributed by atoms with Crippen LogP contribution in [0.5, 0.6) is 0 Å². The van der Waals surface area contributed by atoms with Crippen molar-refractivity contribution in [1.82, 2.24) is 5.32 Å². The Kier molecular flexibility index (Phi) is 7.28. The smallest absolute Gasteiger partial charge is 0.444 e. The molecule has 0 bridgehead atoms. The second kappa shape index (κ2) is 8.42. The van der Waals surface area contributed by atoms with Crippen LogP contribution in [0.4, 0.5) is 4.79 Å². The fraction of sp³-hybridized carbons (Fsp3) is 0.632. The highest BCUT2D eigenvalue weighted by Crippen LogP contribution is 2.25. The molecule has 0 aliphatic carbocycles. The number of carbonyl (C=O) groups is 1. The Hall–Kier alpha value is -1.57. The lowest BCUT2D eigenvalue weighted by molar-refractivity contribution is -0.0982. The topological polar surface area (TPSA) is 88.0 Å².